The first kappa shape index (κ1) is 30.0. The molecule has 0 saturated carbocycles. The van der Waals surface area contributed by atoms with Gasteiger partial charge in [0.1, 0.15) is 0 Å². The molecule has 6 nitrogen and oxygen atoms in total. The summed E-state index contributed by atoms with van der Waals surface area (Å²) in [6.07, 6.45) is 15.8. The third-order valence-electron chi connectivity index (χ3n) is 4.31. The Hall–Kier alpha value is 0.300. The second-order valence-electron chi connectivity index (χ2n) is 6.33. The van der Waals surface area contributed by atoms with Crippen molar-refractivity contribution in [2.45, 2.75) is 98.3 Å². The third kappa shape index (κ3) is 36.1. The summed E-state index contributed by atoms with van der Waals surface area (Å²) in [5.74, 6) is 2.03. The van der Waals surface area contributed by atoms with Gasteiger partial charge in [-0.05, 0) is 11.8 Å². The van der Waals surface area contributed by atoms with Gasteiger partial charge in [0, 0.05) is 0 Å². The van der Waals surface area contributed by atoms with Crippen molar-refractivity contribution in [3.63, 3.8) is 0 Å². The van der Waals surface area contributed by atoms with Gasteiger partial charge in [-0.2, -0.15) is 0 Å². The second-order valence-corrected chi connectivity index (χ2v) is 7.46. The SMILES string of the molecule is CCCCC(CC)CCCC(CC)CCCC.O=[PH](O)O.O=[PH](O)O. The monoisotopic (exact) mass is 404 g/mol. The van der Waals surface area contributed by atoms with Crippen molar-refractivity contribution in [1.82, 2.24) is 0 Å². The Labute approximate surface area is 156 Å². The predicted octanol–water partition coefficient (Wildman–Crippen LogP) is 5.31. The minimum absolute atomic E-state index is 1.01. The molecule has 0 radical (unpaired) electrons. The molecule has 156 valence electrons. The zero-order valence-corrected chi connectivity index (χ0v) is 18.5. The van der Waals surface area contributed by atoms with Crippen molar-refractivity contribution in [3.05, 3.63) is 0 Å². The molecular weight excluding hydrogens is 362 g/mol. The molecule has 2 unspecified atom stereocenters. The van der Waals surface area contributed by atoms with Gasteiger partial charge in [-0.1, -0.05) is 98.3 Å². The van der Waals surface area contributed by atoms with Crippen molar-refractivity contribution in [3.8, 4) is 0 Å². The van der Waals surface area contributed by atoms with Crippen LogP contribution < -0.4 is 0 Å². The molecule has 0 spiro atoms. The highest BCUT2D eigenvalue weighted by Crippen LogP contribution is 2.24. The number of rotatable bonds is 12. The highest BCUT2D eigenvalue weighted by Gasteiger charge is 2.09. The molecule has 4 N–H and O–H groups in total. The second kappa shape index (κ2) is 24.3. The van der Waals surface area contributed by atoms with Crippen molar-refractivity contribution in [2.24, 2.45) is 11.8 Å². The van der Waals surface area contributed by atoms with Crippen LogP contribution in [-0.2, 0) is 9.13 Å². The van der Waals surface area contributed by atoms with Crippen LogP contribution >= 0.6 is 16.5 Å². The Morgan fingerprint density at radius 1 is 0.600 bits per heavy atom. The zero-order valence-electron chi connectivity index (χ0n) is 16.5. The van der Waals surface area contributed by atoms with Gasteiger partial charge in [-0.15, -0.1) is 0 Å². The maximum atomic E-state index is 8.74. The molecule has 0 bridgehead atoms. The van der Waals surface area contributed by atoms with Crippen LogP contribution in [0.5, 0.6) is 0 Å². The van der Waals surface area contributed by atoms with Gasteiger partial charge in [0.15, 0.2) is 0 Å². The summed E-state index contributed by atoms with van der Waals surface area (Å²) in [5, 5.41) is 0. The van der Waals surface area contributed by atoms with Crippen molar-refractivity contribution >= 4 is 16.5 Å². The fourth-order valence-electron chi connectivity index (χ4n) is 2.79. The summed E-state index contributed by atoms with van der Waals surface area (Å²) in [5.41, 5.74) is 0. The fraction of sp³-hybridized carbons (Fsp3) is 1.00. The van der Waals surface area contributed by atoms with Crippen LogP contribution in [0.3, 0.4) is 0 Å². The van der Waals surface area contributed by atoms with E-state index in [1.165, 1.54) is 70.6 Å². The standard InChI is InChI=1S/C17H36.2H3O3P/c1-5-9-12-16(7-3)14-11-15-17(8-4)13-10-6-2;2*1-4(2)3/h16-17H,5-15H2,1-4H3;2*4H,(H2,1,2,3). The third-order valence-corrected chi connectivity index (χ3v) is 4.31. The summed E-state index contributed by atoms with van der Waals surface area (Å²) in [4.78, 5) is 28.6. The number of hydrogen-bond donors (Lipinski definition) is 4. The summed E-state index contributed by atoms with van der Waals surface area (Å²) in [6, 6.07) is 0. The molecule has 0 aromatic carbocycles. The summed E-state index contributed by atoms with van der Waals surface area (Å²) in [6.45, 7) is 9.36. The molecule has 0 rings (SSSR count). The Bertz CT molecular complexity index is 267. The van der Waals surface area contributed by atoms with Gasteiger partial charge < -0.3 is 19.6 Å². The number of hydrogen-bond acceptors (Lipinski definition) is 2. The van der Waals surface area contributed by atoms with E-state index < -0.39 is 16.5 Å². The highest BCUT2D eigenvalue weighted by molar-refractivity contribution is 7.31. The van der Waals surface area contributed by atoms with Gasteiger partial charge in [0.2, 0.25) is 0 Å². The van der Waals surface area contributed by atoms with Crippen molar-refractivity contribution in [2.75, 3.05) is 0 Å². The fourth-order valence-corrected chi connectivity index (χ4v) is 2.79. The van der Waals surface area contributed by atoms with E-state index in [-0.39, 0.29) is 0 Å². The van der Waals surface area contributed by atoms with Crippen LogP contribution in [0.4, 0.5) is 0 Å². The molecule has 0 aromatic rings. The molecule has 0 saturated heterocycles. The normalized spacial score (nSPS) is 12.9. The van der Waals surface area contributed by atoms with E-state index in [0.29, 0.717) is 0 Å². The van der Waals surface area contributed by atoms with E-state index in [0.717, 1.165) is 11.8 Å². The summed E-state index contributed by atoms with van der Waals surface area (Å²) >= 11 is 0. The molecule has 0 heterocycles. The van der Waals surface area contributed by atoms with Crippen molar-refractivity contribution in [1.29, 1.82) is 0 Å². The van der Waals surface area contributed by atoms with Gasteiger partial charge in [0.05, 0.1) is 0 Å². The average Bonchev–Trinajstić information content (AvgIpc) is 2.52. The molecule has 0 aliphatic heterocycles. The molecule has 0 aliphatic rings. The Balaban J connectivity index is -0.000000503. The van der Waals surface area contributed by atoms with Crippen LogP contribution in [0.1, 0.15) is 98.3 Å². The molecular formula is C17H42O6P2. The molecule has 8 heteroatoms. The Kier molecular flexibility index (Phi) is 29.2. The van der Waals surface area contributed by atoms with E-state index >= 15 is 0 Å². The van der Waals surface area contributed by atoms with Crippen LogP contribution in [-0.4, -0.2) is 19.6 Å². The Morgan fingerprint density at radius 3 is 1.04 bits per heavy atom. The molecule has 0 fully saturated rings. The minimum atomic E-state index is -3.13. The van der Waals surface area contributed by atoms with E-state index in [1.807, 2.05) is 0 Å². The lowest BCUT2D eigenvalue weighted by atomic mass is 9.89. The topological polar surface area (TPSA) is 115 Å². The van der Waals surface area contributed by atoms with E-state index in [2.05, 4.69) is 27.7 Å². The molecule has 25 heavy (non-hydrogen) atoms. The highest BCUT2D eigenvalue weighted by atomic mass is 31.1. The first-order chi connectivity index (χ1) is 11.7. The largest absolute Gasteiger partial charge is 0.326 e. The quantitative estimate of drug-likeness (QED) is 0.328. The first-order valence-corrected chi connectivity index (χ1v) is 12.2. The van der Waals surface area contributed by atoms with Gasteiger partial charge in [-0.25, -0.2) is 0 Å². The van der Waals surface area contributed by atoms with Crippen LogP contribution in [0.15, 0.2) is 0 Å². The Morgan fingerprint density at radius 2 is 0.840 bits per heavy atom. The zero-order chi connectivity index (χ0) is 20.1. The van der Waals surface area contributed by atoms with Crippen LogP contribution in [0.25, 0.3) is 0 Å². The summed E-state index contributed by atoms with van der Waals surface area (Å²) < 4.78 is 17.5. The molecule has 2 atom stereocenters. The van der Waals surface area contributed by atoms with E-state index in [4.69, 9.17) is 28.7 Å². The van der Waals surface area contributed by atoms with E-state index in [1.54, 1.807) is 0 Å². The average molecular weight is 404 g/mol. The maximum absolute atomic E-state index is 8.74. The maximum Gasteiger partial charge on any atom is 0.314 e. The lowest BCUT2D eigenvalue weighted by molar-refractivity contribution is 0.355. The van der Waals surface area contributed by atoms with Crippen molar-refractivity contribution < 1.29 is 28.7 Å². The number of unbranched alkanes of at least 4 members (excludes halogenated alkanes) is 2. The van der Waals surface area contributed by atoms with Crippen LogP contribution in [0, 0.1) is 11.8 Å². The lowest BCUT2D eigenvalue weighted by Gasteiger charge is -2.17. The smallest absolute Gasteiger partial charge is 0.314 e. The van der Waals surface area contributed by atoms with E-state index in [9.17, 15) is 0 Å². The van der Waals surface area contributed by atoms with Gasteiger partial charge in [0.25, 0.3) is 0 Å². The molecule has 0 aliphatic carbocycles. The molecule has 0 amide bonds. The molecule has 0 aromatic heterocycles. The predicted molar refractivity (Wildman–Crippen MR) is 107 cm³/mol. The van der Waals surface area contributed by atoms with Gasteiger partial charge in [-0.3, -0.25) is 9.13 Å². The lowest BCUT2D eigenvalue weighted by Crippen LogP contribution is -2.03. The first-order valence-electron chi connectivity index (χ1n) is 9.58. The van der Waals surface area contributed by atoms with Crippen LogP contribution in [0.2, 0.25) is 0 Å². The van der Waals surface area contributed by atoms with Gasteiger partial charge >= 0.3 is 16.5 Å². The summed E-state index contributed by atoms with van der Waals surface area (Å²) in [7, 11) is -6.26. The minimum Gasteiger partial charge on any atom is -0.326 e.